The van der Waals surface area contributed by atoms with Gasteiger partial charge < -0.3 is 0 Å². The van der Waals surface area contributed by atoms with Crippen molar-refractivity contribution >= 4 is 10.8 Å². The number of fused-ring (bicyclic) bond motifs is 7. The highest BCUT2D eigenvalue weighted by Crippen LogP contribution is 2.54. The number of rotatable bonds is 5. The molecular formula is C55H40N2. The molecule has 0 spiro atoms. The van der Waals surface area contributed by atoms with Gasteiger partial charge in [0.25, 0.3) is 0 Å². The summed E-state index contributed by atoms with van der Waals surface area (Å²) in [6.45, 7) is 7.08. The number of hydrogen-bond donors (Lipinski definition) is 0. The molecule has 57 heavy (non-hydrogen) atoms. The molecule has 2 aliphatic carbocycles. The van der Waals surface area contributed by atoms with Crippen LogP contribution < -0.4 is 0 Å². The number of hydrogen-bond acceptors (Lipinski definition) is 2. The molecular weight excluding hydrogens is 689 g/mol. The van der Waals surface area contributed by atoms with Crippen LogP contribution in [0.2, 0.25) is 0 Å². The van der Waals surface area contributed by atoms with Gasteiger partial charge in [-0.2, -0.15) is 0 Å². The van der Waals surface area contributed by atoms with Gasteiger partial charge in [-0.3, -0.25) is 0 Å². The van der Waals surface area contributed by atoms with Crippen molar-refractivity contribution in [1.82, 2.24) is 9.97 Å². The van der Waals surface area contributed by atoms with Crippen LogP contribution in [0.3, 0.4) is 0 Å². The minimum atomic E-state index is -0.246. The molecule has 0 saturated heterocycles. The summed E-state index contributed by atoms with van der Waals surface area (Å²) in [7, 11) is 0. The Morgan fingerprint density at radius 3 is 1.70 bits per heavy atom. The average molecular weight is 729 g/mol. The zero-order chi connectivity index (χ0) is 38.3. The minimum absolute atomic E-state index is 0.0876. The molecule has 9 aromatic rings. The van der Waals surface area contributed by atoms with Crippen LogP contribution >= 0.6 is 0 Å². The Morgan fingerprint density at radius 1 is 0.351 bits per heavy atom. The fraction of sp³-hybridized carbons (Fsp3) is 0.0909. The topological polar surface area (TPSA) is 25.8 Å². The van der Waals surface area contributed by atoms with Crippen LogP contribution in [0.15, 0.2) is 188 Å². The van der Waals surface area contributed by atoms with Gasteiger partial charge in [0.15, 0.2) is 5.82 Å². The average Bonchev–Trinajstić information content (AvgIpc) is 3.66. The summed E-state index contributed by atoms with van der Waals surface area (Å²) in [4.78, 5) is 10.4. The van der Waals surface area contributed by atoms with Crippen molar-refractivity contribution in [2.75, 3.05) is 0 Å². The summed E-state index contributed by atoms with van der Waals surface area (Å²) >= 11 is 0. The molecule has 1 heterocycles. The first-order valence-electron chi connectivity index (χ1n) is 19.9. The third-order valence-electron chi connectivity index (χ3n) is 12.8. The smallest absolute Gasteiger partial charge is 0.160 e. The van der Waals surface area contributed by atoms with Crippen LogP contribution in [0, 0.1) is 0 Å². The molecule has 270 valence electrons. The largest absolute Gasteiger partial charge is 0.228 e. The van der Waals surface area contributed by atoms with Gasteiger partial charge in [0.1, 0.15) is 0 Å². The van der Waals surface area contributed by atoms with E-state index < -0.39 is 0 Å². The van der Waals surface area contributed by atoms with E-state index in [0.717, 1.165) is 28.1 Å². The second-order valence-electron chi connectivity index (χ2n) is 16.3. The maximum atomic E-state index is 5.23. The molecule has 0 radical (unpaired) electrons. The van der Waals surface area contributed by atoms with Crippen molar-refractivity contribution in [1.29, 1.82) is 0 Å². The molecule has 2 nitrogen and oxygen atoms in total. The summed E-state index contributed by atoms with van der Waals surface area (Å²) < 4.78 is 0. The van der Waals surface area contributed by atoms with E-state index >= 15 is 0 Å². The quantitative estimate of drug-likeness (QED) is 0.176. The highest BCUT2D eigenvalue weighted by molar-refractivity contribution is 5.98. The molecule has 0 bridgehead atoms. The van der Waals surface area contributed by atoms with Gasteiger partial charge in [0, 0.05) is 27.5 Å². The molecule has 0 N–H and O–H groups in total. The molecule has 2 aliphatic rings. The van der Waals surface area contributed by atoms with E-state index in [1.54, 1.807) is 0 Å². The van der Waals surface area contributed by atoms with Crippen LogP contribution in [-0.4, -0.2) is 9.97 Å². The van der Waals surface area contributed by atoms with Gasteiger partial charge in [-0.15, -0.1) is 0 Å². The predicted octanol–water partition coefficient (Wildman–Crippen LogP) is 13.9. The first-order chi connectivity index (χ1) is 27.9. The SMILES string of the molecule is CC1(C)c2cc3ccccc3cc2-c2c(-c3ccc(-c4cc(-c5ccc6c(c5)-c5ccccc5C6(C)c5ccccc5)nc(-c5ccccc5)n4)cc3)cccc21. The Balaban J connectivity index is 1.02. The molecule has 1 unspecified atom stereocenters. The first-order valence-corrected chi connectivity index (χ1v) is 19.9. The molecule has 1 aromatic heterocycles. The van der Waals surface area contributed by atoms with Crippen molar-refractivity contribution < 1.29 is 0 Å². The monoisotopic (exact) mass is 728 g/mol. The molecule has 1 atom stereocenters. The maximum absolute atomic E-state index is 5.23. The maximum Gasteiger partial charge on any atom is 0.160 e. The summed E-state index contributed by atoms with van der Waals surface area (Å²) in [5.74, 6) is 0.717. The Bertz CT molecular complexity index is 3030. The molecule has 2 heteroatoms. The van der Waals surface area contributed by atoms with Crippen LogP contribution in [0.25, 0.3) is 78.1 Å². The highest BCUT2D eigenvalue weighted by Gasteiger charge is 2.41. The van der Waals surface area contributed by atoms with Gasteiger partial charge in [-0.05, 0) is 103 Å². The molecule has 0 amide bonds. The van der Waals surface area contributed by atoms with Crippen LogP contribution in [0.5, 0.6) is 0 Å². The summed E-state index contributed by atoms with van der Waals surface area (Å²) in [5.41, 5.74) is 19.0. The second kappa shape index (κ2) is 12.6. The minimum Gasteiger partial charge on any atom is -0.228 e. The van der Waals surface area contributed by atoms with Crippen molar-refractivity contribution in [3.05, 3.63) is 216 Å². The zero-order valence-corrected chi connectivity index (χ0v) is 32.3. The highest BCUT2D eigenvalue weighted by atomic mass is 14.9. The van der Waals surface area contributed by atoms with Gasteiger partial charge in [0.05, 0.1) is 11.4 Å². The summed E-state index contributed by atoms with van der Waals surface area (Å²) in [6, 6.07) is 68.4. The van der Waals surface area contributed by atoms with Gasteiger partial charge >= 0.3 is 0 Å². The van der Waals surface area contributed by atoms with E-state index in [1.807, 2.05) is 6.07 Å². The number of nitrogens with zero attached hydrogens (tertiary/aromatic N) is 2. The van der Waals surface area contributed by atoms with E-state index in [2.05, 4.69) is 203 Å². The third-order valence-corrected chi connectivity index (χ3v) is 12.8. The molecule has 11 rings (SSSR count). The standard InChI is InChI=1S/C55H40N2/c1-54(2)48-24-14-22-42(52(48)45-31-38-17-10-11-18-39(38)33-49(45)54)35-25-27-36(28-26-35)50-34-51(57-53(56-50)37-15-6-4-7-16-37)40-29-30-47-44(32-40)43-21-12-13-23-46(43)55(47,3)41-19-8-5-9-20-41/h4-34H,1-3H3. The van der Waals surface area contributed by atoms with Crippen molar-refractivity contribution in [2.24, 2.45) is 0 Å². The summed E-state index contributed by atoms with van der Waals surface area (Å²) in [6.07, 6.45) is 0. The third kappa shape index (κ3) is 5.10. The number of benzene rings is 8. The molecule has 0 aliphatic heterocycles. The summed E-state index contributed by atoms with van der Waals surface area (Å²) in [5, 5.41) is 2.56. The van der Waals surface area contributed by atoms with Crippen molar-refractivity contribution in [3.8, 4) is 67.3 Å². The van der Waals surface area contributed by atoms with E-state index in [0.29, 0.717) is 5.82 Å². The molecule has 8 aromatic carbocycles. The Morgan fingerprint density at radius 2 is 0.930 bits per heavy atom. The second-order valence-corrected chi connectivity index (χ2v) is 16.3. The fourth-order valence-corrected chi connectivity index (χ4v) is 9.74. The molecule has 0 saturated carbocycles. The number of aromatic nitrogens is 2. The van der Waals surface area contributed by atoms with Crippen LogP contribution in [-0.2, 0) is 10.8 Å². The van der Waals surface area contributed by atoms with Crippen LogP contribution in [0.4, 0.5) is 0 Å². The Hall–Kier alpha value is -6.90. The van der Waals surface area contributed by atoms with E-state index in [9.17, 15) is 0 Å². The molecule has 0 fully saturated rings. The van der Waals surface area contributed by atoms with Crippen molar-refractivity contribution in [2.45, 2.75) is 31.6 Å². The predicted molar refractivity (Wildman–Crippen MR) is 236 cm³/mol. The Kier molecular flexibility index (Phi) is 7.37. The van der Waals surface area contributed by atoms with Crippen LogP contribution in [0.1, 0.15) is 48.6 Å². The Labute approximate surface area is 334 Å². The van der Waals surface area contributed by atoms with E-state index in [1.165, 1.54) is 72.0 Å². The first kappa shape index (κ1) is 33.4. The van der Waals surface area contributed by atoms with Gasteiger partial charge in [-0.25, -0.2) is 9.97 Å². The van der Waals surface area contributed by atoms with E-state index in [-0.39, 0.29) is 10.8 Å². The fourth-order valence-electron chi connectivity index (χ4n) is 9.74. The van der Waals surface area contributed by atoms with Gasteiger partial charge in [0.2, 0.25) is 0 Å². The lowest BCUT2D eigenvalue weighted by Gasteiger charge is -2.28. The lowest BCUT2D eigenvalue weighted by atomic mass is 9.74. The lowest BCUT2D eigenvalue weighted by Crippen LogP contribution is -2.22. The lowest BCUT2D eigenvalue weighted by molar-refractivity contribution is 0.661. The van der Waals surface area contributed by atoms with E-state index in [4.69, 9.17) is 9.97 Å². The zero-order valence-electron chi connectivity index (χ0n) is 32.3. The van der Waals surface area contributed by atoms with Gasteiger partial charge in [-0.1, -0.05) is 178 Å². The normalized spacial score (nSPS) is 15.8. The van der Waals surface area contributed by atoms with Crippen molar-refractivity contribution in [3.63, 3.8) is 0 Å².